The van der Waals surface area contributed by atoms with Gasteiger partial charge in [0.05, 0.1) is 0 Å². The van der Waals surface area contributed by atoms with Gasteiger partial charge in [-0.2, -0.15) is 0 Å². The van der Waals surface area contributed by atoms with Gasteiger partial charge >= 0.3 is 12.2 Å². The standard InChI is InChI=1S/C12H24N2O4/c1-5-6-12(4,7-17-10(13)15)8-18-11(16)14-9(2)3/h9H,5-8H2,1-4H3,(H2,13,15)(H,14,16)/i1D3,2D3,3D3,4D3,5D2,6D2. The topological polar surface area (TPSA) is 90.7 Å². The fraction of sp³-hybridized carbons (Fsp3) is 0.833. The second-order valence-electron chi connectivity index (χ2n) is 3.09. The molecule has 18 heavy (non-hydrogen) atoms. The van der Waals surface area contributed by atoms with Gasteiger partial charge in [0.25, 0.3) is 0 Å². The summed E-state index contributed by atoms with van der Waals surface area (Å²) >= 11 is 0. The number of rotatable bonds is 7. The number of carbonyl (C=O) groups is 2. The summed E-state index contributed by atoms with van der Waals surface area (Å²) in [5.41, 5.74) is 1.38. The van der Waals surface area contributed by atoms with Crippen LogP contribution in [-0.2, 0) is 9.47 Å². The molecule has 0 aromatic heterocycles. The monoisotopic (exact) mass is 276 g/mol. The molecule has 0 heterocycles. The molecular formula is C12H24N2O4. The zero-order valence-corrected chi connectivity index (χ0v) is 9.20. The van der Waals surface area contributed by atoms with Crippen molar-refractivity contribution in [1.29, 1.82) is 0 Å². The summed E-state index contributed by atoms with van der Waals surface area (Å²) in [6, 6.07) is -2.50. The lowest BCUT2D eigenvalue weighted by atomic mass is 9.87. The second-order valence-corrected chi connectivity index (χ2v) is 3.09. The van der Waals surface area contributed by atoms with Crippen molar-refractivity contribution >= 4 is 12.2 Å². The van der Waals surface area contributed by atoms with Crippen LogP contribution in [0.15, 0.2) is 0 Å². The Balaban J connectivity index is 6.48. The van der Waals surface area contributed by atoms with E-state index in [0.717, 1.165) is 0 Å². The highest BCUT2D eigenvalue weighted by molar-refractivity contribution is 5.67. The Morgan fingerprint density at radius 3 is 2.72 bits per heavy atom. The Morgan fingerprint density at radius 2 is 2.17 bits per heavy atom. The number of amides is 2. The third-order valence-electron chi connectivity index (χ3n) is 1.47. The number of ether oxygens (including phenoxy) is 2. The van der Waals surface area contributed by atoms with Crippen molar-refractivity contribution in [1.82, 2.24) is 5.32 Å². The summed E-state index contributed by atoms with van der Waals surface area (Å²) in [7, 11) is 0. The molecule has 3 N–H and O–H groups in total. The van der Waals surface area contributed by atoms with Crippen molar-refractivity contribution in [2.24, 2.45) is 11.1 Å². The smallest absolute Gasteiger partial charge is 0.407 e. The van der Waals surface area contributed by atoms with Crippen LogP contribution in [-0.4, -0.2) is 31.4 Å². The van der Waals surface area contributed by atoms with Crippen LogP contribution >= 0.6 is 0 Å². The lowest BCUT2D eigenvalue weighted by molar-refractivity contribution is 0.0333. The minimum atomic E-state index is -3.94. The minimum absolute atomic E-state index is 1.48. The molecule has 0 aliphatic heterocycles. The van der Waals surface area contributed by atoms with E-state index in [1.165, 1.54) is 5.32 Å². The van der Waals surface area contributed by atoms with Crippen molar-refractivity contribution in [3.8, 4) is 0 Å². The average molecular weight is 276 g/mol. The second kappa shape index (κ2) is 7.79. The lowest BCUT2D eigenvalue weighted by Crippen LogP contribution is -2.37. The molecule has 0 saturated heterocycles. The Kier molecular flexibility index (Phi) is 1.74. The van der Waals surface area contributed by atoms with E-state index in [9.17, 15) is 9.59 Å². The fourth-order valence-corrected chi connectivity index (χ4v) is 0.776. The van der Waals surface area contributed by atoms with Crippen molar-refractivity contribution in [2.45, 2.75) is 46.2 Å². The molecule has 6 nitrogen and oxygen atoms in total. The molecule has 0 aliphatic carbocycles. The molecule has 1 unspecified atom stereocenters. The number of alkyl carbamates (subject to hydrolysis) is 1. The van der Waals surface area contributed by atoms with Gasteiger partial charge in [-0.05, 0) is 20.1 Å². The lowest BCUT2D eigenvalue weighted by Gasteiger charge is -2.27. The van der Waals surface area contributed by atoms with Gasteiger partial charge in [0.15, 0.2) is 0 Å². The minimum Gasteiger partial charge on any atom is -0.449 e. The maximum atomic E-state index is 12.2. The molecule has 0 aliphatic rings. The Labute approximate surface area is 131 Å². The van der Waals surface area contributed by atoms with Gasteiger partial charge in [-0.25, -0.2) is 9.59 Å². The number of hydrogen-bond donors (Lipinski definition) is 2. The first-order valence-corrected chi connectivity index (χ1v) is 4.51. The zero-order chi connectivity index (χ0) is 27.8. The molecule has 0 bridgehead atoms. The maximum Gasteiger partial charge on any atom is 0.407 e. The van der Waals surface area contributed by atoms with E-state index in [4.69, 9.17) is 27.7 Å². The highest BCUT2D eigenvalue weighted by atomic mass is 16.6. The van der Waals surface area contributed by atoms with Crippen LogP contribution in [0.3, 0.4) is 0 Å². The average Bonchev–Trinajstić information content (AvgIpc) is 2.54. The van der Waals surface area contributed by atoms with Gasteiger partial charge in [0.1, 0.15) is 13.2 Å². The molecule has 0 aromatic carbocycles. The molecule has 2 amide bonds. The highest BCUT2D eigenvalue weighted by Crippen LogP contribution is 2.24. The van der Waals surface area contributed by atoms with Gasteiger partial charge in [0, 0.05) is 33.4 Å². The van der Waals surface area contributed by atoms with Crippen LogP contribution in [0.2, 0.25) is 0 Å². The first kappa shape index (κ1) is 4.02. The van der Waals surface area contributed by atoms with Crippen molar-refractivity contribution < 1.29 is 41.0 Å². The first-order chi connectivity index (χ1) is 14.6. The van der Waals surface area contributed by atoms with Gasteiger partial charge in [0.2, 0.25) is 0 Å². The predicted octanol–water partition coefficient (Wildman–Crippen LogP) is 2.02. The van der Waals surface area contributed by atoms with E-state index in [2.05, 4.69) is 9.47 Å². The van der Waals surface area contributed by atoms with Crippen molar-refractivity contribution in [3.63, 3.8) is 0 Å². The predicted molar refractivity (Wildman–Crippen MR) is 68.2 cm³/mol. The summed E-state index contributed by atoms with van der Waals surface area (Å²) in [6.07, 6.45) is -11.4. The summed E-state index contributed by atoms with van der Waals surface area (Å²) in [5, 5.41) is 1.48. The van der Waals surface area contributed by atoms with Crippen molar-refractivity contribution in [3.05, 3.63) is 0 Å². The first-order valence-electron chi connectivity index (χ1n) is 12.5. The van der Waals surface area contributed by atoms with Crippen LogP contribution in [0, 0.1) is 5.41 Å². The van der Waals surface area contributed by atoms with E-state index in [1.54, 1.807) is 0 Å². The van der Waals surface area contributed by atoms with Crippen LogP contribution in [0.1, 0.15) is 62.1 Å². The van der Waals surface area contributed by atoms with Gasteiger partial charge < -0.3 is 20.5 Å². The Morgan fingerprint density at radius 1 is 1.44 bits per heavy atom. The summed E-state index contributed by atoms with van der Waals surface area (Å²) in [6.45, 7) is -17.4. The summed E-state index contributed by atoms with van der Waals surface area (Å²) in [4.78, 5) is 23.3. The number of nitrogens with one attached hydrogen (secondary N) is 1. The van der Waals surface area contributed by atoms with Crippen LogP contribution in [0.5, 0.6) is 0 Å². The molecule has 106 valence electrons. The molecule has 1 atom stereocenters. The molecule has 0 rings (SSSR count). The third-order valence-corrected chi connectivity index (χ3v) is 1.47. The zero-order valence-electron chi connectivity index (χ0n) is 25.2. The highest BCUT2D eigenvalue weighted by Gasteiger charge is 2.27. The molecule has 6 heteroatoms. The number of primary amides is 1. The van der Waals surface area contributed by atoms with E-state index in [1.807, 2.05) is 0 Å². The third kappa shape index (κ3) is 7.76. The number of carbonyl (C=O) groups excluding carboxylic acids is 2. The Bertz CT molecular complexity index is 726. The van der Waals surface area contributed by atoms with Crippen molar-refractivity contribution in [2.75, 3.05) is 13.2 Å². The number of nitrogens with two attached hydrogens (primary N) is 1. The molecule has 0 radical (unpaired) electrons. The summed E-state index contributed by atoms with van der Waals surface area (Å²) < 4.78 is 129. The van der Waals surface area contributed by atoms with Gasteiger partial charge in [-0.15, -0.1) is 0 Å². The summed E-state index contributed by atoms with van der Waals surface area (Å²) in [5.74, 6) is 0. The van der Waals surface area contributed by atoms with Gasteiger partial charge in [-0.3, -0.25) is 0 Å². The maximum absolute atomic E-state index is 12.2. The van der Waals surface area contributed by atoms with Gasteiger partial charge in [-0.1, -0.05) is 20.1 Å². The SMILES string of the molecule is [2H]C([2H])([2H])C(NC(=O)OCC(COC(N)=O)(C([2H])([2H])[2H])C([2H])([2H])C([2H])([2H])C([2H])([2H])[2H])C([2H])([2H])[2H]. The molecule has 0 fully saturated rings. The van der Waals surface area contributed by atoms with Crippen LogP contribution < -0.4 is 11.1 Å². The quantitative estimate of drug-likeness (QED) is 0.744. The molecule has 0 saturated carbocycles. The largest absolute Gasteiger partial charge is 0.449 e. The van der Waals surface area contributed by atoms with Crippen LogP contribution in [0.4, 0.5) is 9.59 Å². The van der Waals surface area contributed by atoms with E-state index in [0.29, 0.717) is 0 Å². The molecular weight excluding hydrogens is 236 g/mol. The van der Waals surface area contributed by atoms with E-state index >= 15 is 0 Å². The van der Waals surface area contributed by atoms with E-state index in [-0.39, 0.29) is 0 Å². The van der Waals surface area contributed by atoms with E-state index < -0.39 is 77.0 Å². The fourth-order valence-electron chi connectivity index (χ4n) is 0.776. The molecule has 0 spiro atoms. The normalized spacial score (nSPS) is 31.4. The Hall–Kier alpha value is -1.46. The van der Waals surface area contributed by atoms with Crippen LogP contribution in [0.25, 0.3) is 0 Å². The molecule has 0 aromatic rings. The number of hydrogen-bond acceptors (Lipinski definition) is 4.